The summed E-state index contributed by atoms with van der Waals surface area (Å²) in [6.45, 7) is 2.91. The molecule has 0 aliphatic carbocycles. The van der Waals surface area contributed by atoms with Crippen molar-refractivity contribution in [3.8, 4) is 0 Å². The predicted molar refractivity (Wildman–Crippen MR) is 88.5 cm³/mol. The fourth-order valence-corrected chi connectivity index (χ4v) is 2.06. The number of halogens is 1. The maximum Gasteiger partial charge on any atom is 0.250 e. The van der Waals surface area contributed by atoms with Crippen LogP contribution >= 0.6 is 0 Å². The average Bonchev–Trinajstić information content (AvgIpc) is 2.52. The first-order chi connectivity index (χ1) is 11.0. The molecule has 1 aromatic carbocycles. The highest BCUT2D eigenvalue weighted by molar-refractivity contribution is 5.91. The second kappa shape index (κ2) is 8.08. The first-order valence-electron chi connectivity index (χ1n) is 7.43. The molecule has 2 aromatic rings. The Hall–Kier alpha value is -2.69. The van der Waals surface area contributed by atoms with E-state index in [1.807, 2.05) is 13.0 Å². The van der Waals surface area contributed by atoms with Crippen LogP contribution in [0, 0.1) is 12.7 Å². The molecular weight excluding hydrogens is 295 g/mol. The lowest BCUT2D eigenvalue weighted by Crippen LogP contribution is -2.25. The molecule has 2 rings (SSSR count). The SMILES string of the molecule is Cc1ccn(CCCNC(=O)/C=C/c2ccc(F)cc2)c(=O)c1. The van der Waals surface area contributed by atoms with Crippen LogP contribution in [-0.4, -0.2) is 17.0 Å². The molecule has 23 heavy (non-hydrogen) atoms. The number of benzene rings is 1. The maximum atomic E-state index is 12.8. The van der Waals surface area contributed by atoms with Crippen molar-refractivity contribution in [1.82, 2.24) is 9.88 Å². The number of amides is 1. The summed E-state index contributed by atoms with van der Waals surface area (Å²) in [5, 5.41) is 2.75. The molecule has 0 unspecified atom stereocenters. The number of nitrogens with zero attached hydrogens (tertiary/aromatic N) is 1. The molecule has 4 nitrogen and oxygen atoms in total. The molecule has 0 aliphatic rings. The van der Waals surface area contributed by atoms with E-state index in [9.17, 15) is 14.0 Å². The van der Waals surface area contributed by atoms with E-state index in [4.69, 9.17) is 0 Å². The highest BCUT2D eigenvalue weighted by atomic mass is 19.1. The topological polar surface area (TPSA) is 51.1 Å². The van der Waals surface area contributed by atoms with Crippen molar-refractivity contribution in [2.75, 3.05) is 6.54 Å². The number of pyridine rings is 1. The minimum atomic E-state index is -0.307. The van der Waals surface area contributed by atoms with Crippen LogP contribution in [0.4, 0.5) is 4.39 Å². The van der Waals surface area contributed by atoms with Gasteiger partial charge in [0.25, 0.3) is 5.56 Å². The van der Waals surface area contributed by atoms with Crippen LogP contribution in [0.2, 0.25) is 0 Å². The number of hydrogen-bond acceptors (Lipinski definition) is 2. The van der Waals surface area contributed by atoms with E-state index in [2.05, 4.69) is 5.32 Å². The normalized spacial score (nSPS) is 10.9. The van der Waals surface area contributed by atoms with Crippen molar-refractivity contribution in [2.45, 2.75) is 19.9 Å². The second-order valence-corrected chi connectivity index (χ2v) is 5.27. The van der Waals surface area contributed by atoms with Crippen molar-refractivity contribution in [3.05, 3.63) is 76.0 Å². The van der Waals surface area contributed by atoms with Gasteiger partial charge >= 0.3 is 0 Å². The zero-order valence-corrected chi connectivity index (χ0v) is 13.0. The van der Waals surface area contributed by atoms with Gasteiger partial charge in [0.15, 0.2) is 0 Å². The summed E-state index contributed by atoms with van der Waals surface area (Å²) < 4.78 is 14.4. The molecule has 0 fully saturated rings. The van der Waals surface area contributed by atoms with E-state index in [-0.39, 0.29) is 17.3 Å². The summed E-state index contributed by atoms with van der Waals surface area (Å²) >= 11 is 0. The van der Waals surface area contributed by atoms with Crippen LogP contribution in [0.5, 0.6) is 0 Å². The monoisotopic (exact) mass is 314 g/mol. The van der Waals surface area contributed by atoms with Crippen LogP contribution in [0.1, 0.15) is 17.5 Å². The van der Waals surface area contributed by atoms with E-state index in [0.29, 0.717) is 19.5 Å². The van der Waals surface area contributed by atoms with Gasteiger partial charge in [-0.25, -0.2) is 4.39 Å². The third-order valence-electron chi connectivity index (χ3n) is 3.32. The molecule has 0 atom stereocenters. The highest BCUT2D eigenvalue weighted by Gasteiger charge is 1.98. The Bertz CT molecular complexity index is 748. The van der Waals surface area contributed by atoms with Gasteiger partial charge in [-0.2, -0.15) is 0 Å². The lowest BCUT2D eigenvalue weighted by atomic mass is 10.2. The largest absolute Gasteiger partial charge is 0.352 e. The summed E-state index contributed by atoms with van der Waals surface area (Å²) in [4.78, 5) is 23.4. The van der Waals surface area contributed by atoms with Crippen molar-refractivity contribution >= 4 is 12.0 Å². The van der Waals surface area contributed by atoms with Gasteiger partial charge in [0.05, 0.1) is 0 Å². The zero-order chi connectivity index (χ0) is 16.7. The van der Waals surface area contributed by atoms with Gasteiger partial charge in [-0.3, -0.25) is 9.59 Å². The van der Waals surface area contributed by atoms with Gasteiger partial charge in [0.2, 0.25) is 5.91 Å². The Kier molecular flexibility index (Phi) is 5.86. The smallest absolute Gasteiger partial charge is 0.250 e. The summed E-state index contributed by atoms with van der Waals surface area (Å²) in [6.07, 6.45) is 5.46. The highest BCUT2D eigenvalue weighted by Crippen LogP contribution is 2.04. The number of aryl methyl sites for hydroxylation is 2. The van der Waals surface area contributed by atoms with Gasteiger partial charge in [0.1, 0.15) is 5.82 Å². The minimum Gasteiger partial charge on any atom is -0.352 e. The van der Waals surface area contributed by atoms with E-state index in [1.54, 1.807) is 35.0 Å². The summed E-state index contributed by atoms with van der Waals surface area (Å²) in [7, 11) is 0. The molecule has 1 amide bonds. The Balaban J connectivity index is 1.74. The second-order valence-electron chi connectivity index (χ2n) is 5.27. The fraction of sp³-hybridized carbons (Fsp3) is 0.222. The van der Waals surface area contributed by atoms with Crippen LogP contribution in [0.3, 0.4) is 0 Å². The fourth-order valence-electron chi connectivity index (χ4n) is 2.06. The van der Waals surface area contributed by atoms with Gasteiger partial charge in [-0.15, -0.1) is 0 Å². The Morgan fingerprint density at radius 1 is 1.26 bits per heavy atom. The molecule has 1 N–H and O–H groups in total. The first kappa shape index (κ1) is 16.7. The molecule has 1 heterocycles. The van der Waals surface area contributed by atoms with Crippen molar-refractivity contribution in [1.29, 1.82) is 0 Å². The molecule has 1 aromatic heterocycles. The lowest BCUT2D eigenvalue weighted by Gasteiger charge is -2.06. The van der Waals surface area contributed by atoms with Gasteiger partial charge in [0, 0.05) is 31.4 Å². The lowest BCUT2D eigenvalue weighted by molar-refractivity contribution is -0.116. The minimum absolute atomic E-state index is 0.0347. The third-order valence-corrected chi connectivity index (χ3v) is 3.32. The van der Waals surface area contributed by atoms with Crippen molar-refractivity contribution in [3.63, 3.8) is 0 Å². The predicted octanol–water partition coefficient (Wildman–Crippen LogP) is 2.52. The standard InChI is InChI=1S/C18H19FN2O2/c1-14-9-12-21(18(23)13-14)11-2-10-20-17(22)8-5-15-3-6-16(19)7-4-15/h3-9,12-13H,2,10-11H2,1H3,(H,20,22)/b8-5+. The number of hydrogen-bond donors (Lipinski definition) is 1. The number of aromatic nitrogens is 1. The molecule has 0 radical (unpaired) electrons. The molecule has 0 bridgehead atoms. The van der Waals surface area contributed by atoms with Gasteiger partial charge in [-0.1, -0.05) is 12.1 Å². The molecule has 0 spiro atoms. The molecular formula is C18H19FN2O2. The van der Waals surface area contributed by atoms with E-state index < -0.39 is 0 Å². The molecule has 120 valence electrons. The quantitative estimate of drug-likeness (QED) is 0.658. The molecule has 5 heteroatoms. The summed E-state index contributed by atoms with van der Waals surface area (Å²) in [6, 6.07) is 9.36. The number of carbonyl (C=O) groups is 1. The molecule has 0 aliphatic heterocycles. The van der Waals surface area contributed by atoms with Crippen LogP contribution in [0.25, 0.3) is 6.08 Å². The van der Waals surface area contributed by atoms with Crippen molar-refractivity contribution < 1.29 is 9.18 Å². The Morgan fingerprint density at radius 2 is 2.00 bits per heavy atom. The molecule has 0 saturated heterocycles. The van der Waals surface area contributed by atoms with Crippen LogP contribution < -0.4 is 10.9 Å². The van der Waals surface area contributed by atoms with E-state index in [1.165, 1.54) is 18.2 Å². The van der Waals surface area contributed by atoms with Gasteiger partial charge < -0.3 is 9.88 Å². The first-order valence-corrected chi connectivity index (χ1v) is 7.43. The van der Waals surface area contributed by atoms with Crippen molar-refractivity contribution in [2.24, 2.45) is 0 Å². The Morgan fingerprint density at radius 3 is 2.70 bits per heavy atom. The van der Waals surface area contributed by atoms with E-state index >= 15 is 0 Å². The summed E-state index contributed by atoms with van der Waals surface area (Å²) in [5.74, 6) is -0.525. The average molecular weight is 314 g/mol. The maximum absolute atomic E-state index is 12.8. The van der Waals surface area contributed by atoms with E-state index in [0.717, 1.165) is 11.1 Å². The number of carbonyl (C=O) groups excluding carboxylic acids is 1. The van der Waals surface area contributed by atoms with Gasteiger partial charge in [-0.05, 0) is 48.7 Å². The number of nitrogens with one attached hydrogen (secondary N) is 1. The summed E-state index contributed by atoms with van der Waals surface area (Å²) in [5.41, 5.74) is 1.66. The molecule has 0 saturated carbocycles. The van der Waals surface area contributed by atoms with Crippen LogP contribution in [0.15, 0.2) is 53.5 Å². The third kappa shape index (κ3) is 5.54. The number of rotatable bonds is 6. The van der Waals surface area contributed by atoms with Crippen LogP contribution in [-0.2, 0) is 11.3 Å². The zero-order valence-electron chi connectivity index (χ0n) is 13.0. The Labute approximate surface area is 134 Å².